The summed E-state index contributed by atoms with van der Waals surface area (Å²) in [6.45, 7) is 1.18. The molecule has 0 bridgehead atoms. The normalized spacial score (nSPS) is 19.5. The lowest BCUT2D eigenvalue weighted by Gasteiger charge is -2.26. The van der Waals surface area contributed by atoms with E-state index in [1.165, 1.54) is 14.2 Å². The van der Waals surface area contributed by atoms with E-state index in [-0.39, 0.29) is 11.4 Å². The minimum Gasteiger partial charge on any atom is -0.502 e. The van der Waals surface area contributed by atoms with Crippen molar-refractivity contribution in [2.75, 3.05) is 38.8 Å². The molecule has 0 radical (unpaired) electrons. The summed E-state index contributed by atoms with van der Waals surface area (Å²) in [5, 5.41) is 18.0. The fraction of sp³-hybridized carbons (Fsp3) is 0.318. The van der Waals surface area contributed by atoms with Crippen molar-refractivity contribution in [1.82, 2.24) is 10.1 Å². The molecule has 1 aliphatic heterocycles. The van der Waals surface area contributed by atoms with Crippen molar-refractivity contribution in [3.8, 4) is 17.2 Å². The van der Waals surface area contributed by atoms with Crippen LogP contribution in [0, 0.1) is 0 Å². The average molecular weight is 427 g/mol. The number of hydrogen-bond donors (Lipinski definition) is 3. The van der Waals surface area contributed by atoms with Crippen LogP contribution in [0.25, 0.3) is 10.9 Å². The molecule has 4 rings (SSSR count). The first-order chi connectivity index (χ1) is 14.5. The number of aromatic nitrogens is 1. The van der Waals surface area contributed by atoms with Crippen molar-refractivity contribution in [2.24, 2.45) is 0 Å². The van der Waals surface area contributed by atoms with E-state index in [9.17, 15) is 9.67 Å². The van der Waals surface area contributed by atoms with E-state index >= 15 is 0 Å². The first-order valence-corrected chi connectivity index (χ1v) is 11.9. The monoisotopic (exact) mass is 427 g/mol. The molecule has 3 aromatic rings. The van der Waals surface area contributed by atoms with Gasteiger partial charge >= 0.3 is 0 Å². The van der Waals surface area contributed by atoms with Gasteiger partial charge in [-0.25, -0.2) is 0 Å². The van der Waals surface area contributed by atoms with Gasteiger partial charge in [-0.1, -0.05) is 18.2 Å². The van der Waals surface area contributed by atoms with Gasteiger partial charge in [0.25, 0.3) is 0 Å². The van der Waals surface area contributed by atoms with Gasteiger partial charge in [-0.15, -0.1) is 0 Å². The highest BCUT2D eigenvalue weighted by Gasteiger charge is 2.37. The highest BCUT2D eigenvalue weighted by Crippen LogP contribution is 2.59. The van der Waals surface area contributed by atoms with Crippen LogP contribution in [0.2, 0.25) is 0 Å². The average Bonchev–Trinajstić information content (AvgIpc) is 3.21. The van der Waals surface area contributed by atoms with E-state index in [0.717, 1.165) is 35.1 Å². The van der Waals surface area contributed by atoms with E-state index in [0.29, 0.717) is 24.2 Å². The van der Waals surface area contributed by atoms with E-state index < -0.39 is 7.29 Å². The zero-order chi connectivity index (χ0) is 21.1. The number of hydrogen-bond acceptors (Lipinski definition) is 6. The molecule has 30 heavy (non-hydrogen) atoms. The summed E-state index contributed by atoms with van der Waals surface area (Å²) in [4.78, 5) is 4.49. The molecule has 1 aromatic heterocycles. The van der Waals surface area contributed by atoms with Gasteiger partial charge in [0.15, 0.2) is 18.8 Å². The minimum absolute atomic E-state index is 0.0631. The van der Waals surface area contributed by atoms with Crippen molar-refractivity contribution < 1.29 is 19.1 Å². The molecule has 3 N–H and O–H groups in total. The Morgan fingerprint density at radius 1 is 1.20 bits per heavy atom. The number of para-hydroxylation sites is 1. The quantitative estimate of drug-likeness (QED) is 0.482. The fourth-order valence-electron chi connectivity index (χ4n) is 3.92. The number of benzene rings is 2. The van der Waals surface area contributed by atoms with E-state index in [4.69, 9.17) is 9.47 Å². The van der Waals surface area contributed by atoms with E-state index in [2.05, 4.69) is 15.4 Å². The van der Waals surface area contributed by atoms with E-state index in [1.807, 2.05) is 30.3 Å². The fourth-order valence-corrected chi connectivity index (χ4v) is 6.79. The van der Waals surface area contributed by atoms with Gasteiger partial charge < -0.3 is 24.5 Å². The second-order valence-corrected chi connectivity index (χ2v) is 10.3. The number of pyridine rings is 1. The highest BCUT2D eigenvalue weighted by molar-refractivity contribution is 7.62. The maximum Gasteiger partial charge on any atom is 0.200 e. The molecule has 2 unspecified atom stereocenters. The number of methoxy groups -OCH3 is 2. The SMILES string of the molecule is COc1cc(C(CNc2cnc3ccccc3c2)P2(=O)CCCN2)cc(OC)c1O. The third-order valence-corrected chi connectivity index (χ3v) is 8.75. The predicted octanol–water partition coefficient (Wildman–Crippen LogP) is 4.38. The Kier molecular flexibility index (Phi) is 5.84. The lowest BCUT2D eigenvalue weighted by Crippen LogP contribution is -2.19. The number of anilines is 1. The molecule has 8 heteroatoms. The van der Waals surface area contributed by atoms with Crippen molar-refractivity contribution in [3.63, 3.8) is 0 Å². The Hall–Kier alpha value is -2.76. The van der Waals surface area contributed by atoms with Gasteiger partial charge in [-0.3, -0.25) is 10.1 Å². The van der Waals surface area contributed by atoms with Crippen LogP contribution >= 0.6 is 7.29 Å². The summed E-state index contributed by atoms with van der Waals surface area (Å²) in [5.74, 6) is 0.534. The summed E-state index contributed by atoms with van der Waals surface area (Å²) in [7, 11) is 0.288. The molecular weight excluding hydrogens is 401 g/mol. The molecule has 1 aliphatic rings. The molecule has 0 saturated carbocycles. The van der Waals surface area contributed by atoms with Gasteiger partial charge in [0.05, 0.1) is 37.3 Å². The molecule has 0 amide bonds. The number of nitrogens with one attached hydrogen (secondary N) is 2. The van der Waals surface area contributed by atoms with Crippen LogP contribution in [0.4, 0.5) is 5.69 Å². The van der Waals surface area contributed by atoms with Crippen molar-refractivity contribution in [2.45, 2.75) is 12.1 Å². The zero-order valence-electron chi connectivity index (χ0n) is 17.1. The Morgan fingerprint density at radius 2 is 1.93 bits per heavy atom. The summed E-state index contributed by atoms with van der Waals surface area (Å²) >= 11 is 0. The first-order valence-electron chi connectivity index (χ1n) is 9.91. The van der Waals surface area contributed by atoms with Gasteiger partial charge in [0, 0.05) is 24.6 Å². The topological polar surface area (TPSA) is 92.7 Å². The number of phenolic OH excluding ortho intramolecular Hbond substituents is 1. The summed E-state index contributed by atoms with van der Waals surface area (Å²) in [6.07, 6.45) is 3.29. The maximum atomic E-state index is 13.7. The van der Waals surface area contributed by atoms with Crippen LogP contribution in [0.5, 0.6) is 17.2 Å². The van der Waals surface area contributed by atoms with Crippen molar-refractivity contribution in [3.05, 3.63) is 54.2 Å². The molecule has 2 aromatic carbocycles. The largest absolute Gasteiger partial charge is 0.502 e. The van der Waals surface area contributed by atoms with Crippen LogP contribution in [0.15, 0.2) is 48.7 Å². The molecule has 2 heterocycles. The second kappa shape index (κ2) is 8.54. The molecular formula is C22H26N3O4P. The van der Waals surface area contributed by atoms with E-state index in [1.54, 1.807) is 18.3 Å². The van der Waals surface area contributed by atoms with Crippen molar-refractivity contribution >= 4 is 23.9 Å². The standard InChI is InChI=1S/C22H26N3O4P/c1-28-19-11-16(12-20(29-2)22(19)26)21(30(27)9-5-8-25-30)14-23-17-10-15-6-3-4-7-18(15)24-13-17/h3-4,6-7,10-13,21,23,26H,5,8-9,14H2,1-2H3,(H,25,27). The molecule has 1 fully saturated rings. The van der Waals surface area contributed by atoms with Gasteiger partial charge in [-0.2, -0.15) is 0 Å². The van der Waals surface area contributed by atoms with Crippen LogP contribution in [0.3, 0.4) is 0 Å². The molecule has 0 spiro atoms. The molecule has 0 aliphatic carbocycles. The van der Waals surface area contributed by atoms with Gasteiger partial charge in [0.2, 0.25) is 5.75 Å². The van der Waals surface area contributed by atoms with Crippen LogP contribution < -0.4 is 19.9 Å². The summed E-state index contributed by atoms with van der Waals surface area (Å²) < 4.78 is 24.3. The number of nitrogens with zero attached hydrogens (tertiary/aromatic N) is 1. The Morgan fingerprint density at radius 3 is 2.60 bits per heavy atom. The smallest absolute Gasteiger partial charge is 0.200 e. The van der Waals surface area contributed by atoms with Gasteiger partial charge in [0.1, 0.15) is 0 Å². The Labute approximate surface area is 175 Å². The zero-order valence-corrected chi connectivity index (χ0v) is 18.0. The summed E-state index contributed by atoms with van der Waals surface area (Å²) in [6, 6.07) is 13.4. The molecule has 1 saturated heterocycles. The van der Waals surface area contributed by atoms with Crippen molar-refractivity contribution in [1.29, 1.82) is 0 Å². The third kappa shape index (κ3) is 3.95. The molecule has 2 atom stereocenters. The highest BCUT2D eigenvalue weighted by atomic mass is 31.2. The first kappa shape index (κ1) is 20.5. The number of rotatable bonds is 7. The summed E-state index contributed by atoms with van der Waals surface area (Å²) in [5.41, 5.74) is 2.27. The number of ether oxygens (including phenoxy) is 2. The molecule has 158 valence electrons. The molecule has 7 nitrogen and oxygen atoms in total. The second-order valence-electron chi connectivity index (χ2n) is 7.37. The Balaban J connectivity index is 1.67. The van der Waals surface area contributed by atoms with Crippen LogP contribution in [0.1, 0.15) is 17.6 Å². The number of fused-ring (bicyclic) bond motifs is 1. The van der Waals surface area contributed by atoms with Crippen LogP contribution in [-0.2, 0) is 4.57 Å². The Bertz CT molecular complexity index is 1070. The minimum atomic E-state index is -2.69. The third-order valence-electron chi connectivity index (χ3n) is 5.53. The number of aromatic hydroxyl groups is 1. The van der Waals surface area contributed by atoms with Crippen LogP contribution in [-0.4, -0.2) is 43.6 Å². The predicted molar refractivity (Wildman–Crippen MR) is 119 cm³/mol. The maximum absolute atomic E-state index is 13.7. The van der Waals surface area contributed by atoms with Gasteiger partial charge in [-0.05, 0) is 36.2 Å². The lowest BCUT2D eigenvalue weighted by molar-refractivity contribution is 0.339. The lowest BCUT2D eigenvalue weighted by atomic mass is 10.1. The number of phenols is 1.